The highest BCUT2D eigenvalue weighted by Crippen LogP contribution is 2.07. The summed E-state index contributed by atoms with van der Waals surface area (Å²) in [5.41, 5.74) is 0. The van der Waals surface area contributed by atoms with E-state index in [-0.39, 0.29) is 36.4 Å². The summed E-state index contributed by atoms with van der Waals surface area (Å²) in [5, 5.41) is 2.13. The normalized spacial score (nSPS) is 9.53. The number of imide groups is 1. The lowest BCUT2D eigenvalue weighted by molar-refractivity contribution is -0.128. The Kier molecular flexibility index (Phi) is 6.77. The van der Waals surface area contributed by atoms with E-state index < -0.39 is 0 Å². The second kappa shape index (κ2) is 7.28. The van der Waals surface area contributed by atoms with Gasteiger partial charge in [-0.25, -0.2) is 0 Å². The van der Waals surface area contributed by atoms with E-state index in [1.54, 1.807) is 13.2 Å². The largest absolute Gasteiger partial charge is 0.359 e. The molecule has 0 aliphatic carbocycles. The van der Waals surface area contributed by atoms with Crippen molar-refractivity contribution < 1.29 is 14.4 Å². The number of nitrogens with zero attached hydrogens (tertiary/aromatic N) is 1. The molecule has 0 rings (SSSR count). The molecule has 0 bridgehead atoms. The van der Waals surface area contributed by atoms with Crippen molar-refractivity contribution in [3.63, 3.8) is 0 Å². The Morgan fingerprint density at radius 3 is 2.33 bits per heavy atom. The highest BCUT2D eigenvalue weighted by Gasteiger charge is 2.19. The van der Waals surface area contributed by atoms with Gasteiger partial charge in [0.05, 0.1) is 0 Å². The Bertz CT molecular complexity index is 240. The maximum atomic E-state index is 11.4. The van der Waals surface area contributed by atoms with E-state index in [2.05, 4.69) is 5.32 Å². The van der Waals surface area contributed by atoms with Gasteiger partial charge in [-0.2, -0.15) is 0 Å². The number of hydrogen-bond donors (Lipinski definition) is 1. The van der Waals surface area contributed by atoms with Crippen LogP contribution >= 0.6 is 11.8 Å². The number of rotatable bonds is 4. The van der Waals surface area contributed by atoms with E-state index in [4.69, 9.17) is 0 Å². The van der Waals surface area contributed by atoms with Gasteiger partial charge in [0.15, 0.2) is 0 Å². The maximum absolute atomic E-state index is 11.4. The molecule has 0 aromatic carbocycles. The van der Waals surface area contributed by atoms with Gasteiger partial charge >= 0.3 is 0 Å². The molecule has 15 heavy (non-hydrogen) atoms. The van der Waals surface area contributed by atoms with Crippen molar-refractivity contribution >= 4 is 28.8 Å². The van der Waals surface area contributed by atoms with Crippen molar-refractivity contribution in [2.75, 3.05) is 19.8 Å². The second-order valence-electron chi connectivity index (χ2n) is 2.79. The minimum atomic E-state index is -0.314. The van der Waals surface area contributed by atoms with Crippen molar-refractivity contribution in [3.05, 3.63) is 0 Å². The van der Waals surface area contributed by atoms with Crippen molar-refractivity contribution in [2.45, 2.75) is 19.8 Å². The Hall–Kier alpha value is -1.04. The molecule has 0 aliphatic heterocycles. The second-order valence-corrected chi connectivity index (χ2v) is 3.55. The smallest absolute Gasteiger partial charge is 0.287 e. The van der Waals surface area contributed by atoms with Crippen LogP contribution < -0.4 is 5.32 Å². The fourth-order valence-electron chi connectivity index (χ4n) is 0.957. The van der Waals surface area contributed by atoms with Gasteiger partial charge < -0.3 is 5.32 Å². The van der Waals surface area contributed by atoms with Crippen LogP contribution in [0.2, 0.25) is 0 Å². The van der Waals surface area contributed by atoms with Gasteiger partial charge in [0.1, 0.15) is 0 Å². The molecular weight excluding hydrogens is 216 g/mol. The van der Waals surface area contributed by atoms with E-state index >= 15 is 0 Å². The lowest BCUT2D eigenvalue weighted by atomic mass is 10.3. The highest BCUT2D eigenvalue weighted by molar-refractivity contribution is 8.12. The third kappa shape index (κ3) is 4.83. The quantitative estimate of drug-likeness (QED) is 0.780. The minimum absolute atomic E-state index is 0.145. The summed E-state index contributed by atoms with van der Waals surface area (Å²) in [6.07, 6.45) is 2.02. The third-order valence-electron chi connectivity index (χ3n) is 1.84. The SMILES string of the molecule is CCC(=O)N(CCC(=O)NC)C(=O)SC. The molecule has 0 aliphatic rings. The van der Waals surface area contributed by atoms with Crippen LogP contribution in [-0.4, -0.2) is 41.8 Å². The first kappa shape index (κ1) is 14.0. The molecule has 86 valence electrons. The molecule has 0 radical (unpaired) electrons. The predicted octanol–water partition coefficient (Wildman–Crippen LogP) is 0.844. The summed E-state index contributed by atoms with van der Waals surface area (Å²) in [7, 11) is 1.52. The van der Waals surface area contributed by atoms with E-state index in [0.717, 1.165) is 16.7 Å². The third-order valence-corrected chi connectivity index (χ3v) is 2.41. The van der Waals surface area contributed by atoms with Crippen molar-refractivity contribution in [3.8, 4) is 0 Å². The fourth-order valence-corrected chi connectivity index (χ4v) is 1.37. The number of carbonyl (C=O) groups excluding carboxylic acids is 3. The summed E-state index contributed by atoms with van der Waals surface area (Å²) in [5.74, 6) is -0.434. The Labute approximate surface area is 93.6 Å². The predicted molar refractivity (Wildman–Crippen MR) is 59.6 cm³/mol. The molecule has 0 saturated carbocycles. The van der Waals surface area contributed by atoms with Gasteiger partial charge in [-0.1, -0.05) is 18.7 Å². The van der Waals surface area contributed by atoms with Gasteiger partial charge in [-0.15, -0.1) is 0 Å². The van der Waals surface area contributed by atoms with Crippen molar-refractivity contribution in [2.24, 2.45) is 0 Å². The van der Waals surface area contributed by atoms with Crippen LogP contribution in [0.15, 0.2) is 0 Å². The summed E-state index contributed by atoms with van der Waals surface area (Å²) in [4.78, 5) is 34.8. The van der Waals surface area contributed by atoms with Gasteiger partial charge in [-0.05, 0) is 6.26 Å². The number of amides is 3. The lowest BCUT2D eigenvalue weighted by Crippen LogP contribution is -2.36. The molecule has 0 saturated heterocycles. The Balaban J connectivity index is 4.32. The van der Waals surface area contributed by atoms with Crippen LogP contribution in [0.25, 0.3) is 0 Å². The van der Waals surface area contributed by atoms with Gasteiger partial charge in [0.2, 0.25) is 11.8 Å². The number of nitrogens with one attached hydrogen (secondary N) is 1. The zero-order valence-electron chi connectivity index (χ0n) is 9.20. The first-order valence-corrected chi connectivity index (χ1v) is 5.88. The molecular formula is C9H16N2O3S. The van der Waals surface area contributed by atoms with E-state index in [9.17, 15) is 14.4 Å². The van der Waals surface area contributed by atoms with Crippen molar-refractivity contribution in [1.82, 2.24) is 10.2 Å². The summed E-state index contributed by atoms with van der Waals surface area (Å²) < 4.78 is 0. The van der Waals surface area contributed by atoms with Gasteiger partial charge in [0.25, 0.3) is 5.24 Å². The fraction of sp³-hybridized carbons (Fsp3) is 0.667. The molecule has 5 nitrogen and oxygen atoms in total. The molecule has 0 aromatic rings. The van der Waals surface area contributed by atoms with Crippen molar-refractivity contribution in [1.29, 1.82) is 0 Å². The lowest BCUT2D eigenvalue weighted by Gasteiger charge is -2.18. The average Bonchev–Trinajstić information content (AvgIpc) is 2.27. The molecule has 3 amide bonds. The van der Waals surface area contributed by atoms with Crippen LogP contribution in [0.5, 0.6) is 0 Å². The zero-order chi connectivity index (χ0) is 11.8. The molecule has 1 N–H and O–H groups in total. The maximum Gasteiger partial charge on any atom is 0.287 e. The average molecular weight is 232 g/mol. The van der Waals surface area contributed by atoms with E-state index in [1.807, 2.05) is 0 Å². The highest BCUT2D eigenvalue weighted by atomic mass is 32.2. The Morgan fingerprint density at radius 2 is 1.93 bits per heavy atom. The minimum Gasteiger partial charge on any atom is -0.359 e. The van der Waals surface area contributed by atoms with Crippen LogP contribution in [0.1, 0.15) is 19.8 Å². The molecule has 0 fully saturated rings. The first-order valence-electron chi connectivity index (χ1n) is 4.65. The van der Waals surface area contributed by atoms with Crippen LogP contribution in [0, 0.1) is 0 Å². The molecule has 0 atom stereocenters. The molecule has 0 unspecified atom stereocenters. The van der Waals surface area contributed by atoms with Crippen LogP contribution in [0.3, 0.4) is 0 Å². The number of carbonyl (C=O) groups is 3. The Morgan fingerprint density at radius 1 is 1.33 bits per heavy atom. The van der Waals surface area contributed by atoms with Gasteiger partial charge in [-0.3, -0.25) is 19.3 Å². The molecule has 0 spiro atoms. The van der Waals surface area contributed by atoms with Crippen LogP contribution in [0.4, 0.5) is 4.79 Å². The van der Waals surface area contributed by atoms with Crippen LogP contribution in [-0.2, 0) is 9.59 Å². The molecule has 0 aromatic heterocycles. The first-order chi connectivity index (χ1) is 7.06. The summed E-state index contributed by atoms with van der Waals surface area (Å²) in [6.45, 7) is 1.83. The molecule has 0 heterocycles. The van der Waals surface area contributed by atoms with Gasteiger partial charge in [0, 0.05) is 26.4 Å². The zero-order valence-corrected chi connectivity index (χ0v) is 10.0. The monoisotopic (exact) mass is 232 g/mol. The number of hydrogen-bond acceptors (Lipinski definition) is 4. The van der Waals surface area contributed by atoms with E-state index in [1.165, 1.54) is 7.05 Å². The summed E-state index contributed by atoms with van der Waals surface area (Å²) in [6, 6.07) is 0. The van der Waals surface area contributed by atoms with E-state index in [0.29, 0.717) is 0 Å². The standard InChI is InChI=1S/C9H16N2O3S/c1-4-8(13)11(9(14)15-3)6-5-7(12)10-2/h4-6H2,1-3H3,(H,10,12). The molecule has 6 heteroatoms. The number of thioether (sulfide) groups is 1. The topological polar surface area (TPSA) is 66.5 Å². The summed E-state index contributed by atoms with van der Waals surface area (Å²) >= 11 is 0.970.